The largest absolute Gasteiger partial charge is 0.494 e. The molecule has 2 atom stereocenters. The summed E-state index contributed by atoms with van der Waals surface area (Å²) in [7, 11) is 0. The van der Waals surface area contributed by atoms with Gasteiger partial charge in [0.05, 0.1) is 12.6 Å². The Morgan fingerprint density at radius 1 is 1.14 bits per heavy atom. The zero-order valence-electron chi connectivity index (χ0n) is 12.2. The molecule has 5 heteroatoms. The average molecular weight is 361 g/mol. The summed E-state index contributed by atoms with van der Waals surface area (Å²) in [5, 5.41) is 0. The van der Waals surface area contributed by atoms with E-state index < -0.39 is 6.04 Å². The summed E-state index contributed by atoms with van der Waals surface area (Å²) in [4.78, 5) is 13.9. The summed E-state index contributed by atoms with van der Waals surface area (Å²) in [5.41, 5.74) is 7.88. The van der Waals surface area contributed by atoms with E-state index in [0.29, 0.717) is 6.61 Å². The number of anilines is 1. The lowest BCUT2D eigenvalue weighted by Crippen LogP contribution is -2.63. The van der Waals surface area contributed by atoms with Gasteiger partial charge in [0.15, 0.2) is 0 Å². The number of carbonyl (C=O) groups is 1. The van der Waals surface area contributed by atoms with Crippen molar-refractivity contribution in [2.45, 2.75) is 19.0 Å². The van der Waals surface area contributed by atoms with Crippen LogP contribution in [0, 0.1) is 0 Å². The molecule has 0 bridgehead atoms. The lowest BCUT2D eigenvalue weighted by molar-refractivity contribution is -0.126. The number of amides is 1. The highest BCUT2D eigenvalue weighted by molar-refractivity contribution is 9.10. The molecule has 0 saturated carbocycles. The second-order valence-corrected chi connectivity index (χ2v) is 6.07. The minimum atomic E-state index is -0.493. The van der Waals surface area contributed by atoms with E-state index in [4.69, 9.17) is 10.5 Å². The molecule has 1 aliphatic rings. The van der Waals surface area contributed by atoms with Crippen molar-refractivity contribution in [3.63, 3.8) is 0 Å². The molecule has 1 aliphatic heterocycles. The van der Waals surface area contributed by atoms with Gasteiger partial charge in [0.1, 0.15) is 11.8 Å². The predicted octanol–water partition coefficient (Wildman–Crippen LogP) is 3.26. The van der Waals surface area contributed by atoms with Crippen LogP contribution in [0.4, 0.5) is 5.69 Å². The highest BCUT2D eigenvalue weighted by atomic mass is 79.9. The molecule has 2 unspecified atom stereocenters. The van der Waals surface area contributed by atoms with Crippen molar-refractivity contribution in [2.75, 3.05) is 11.5 Å². The van der Waals surface area contributed by atoms with E-state index in [-0.39, 0.29) is 11.9 Å². The molecule has 1 heterocycles. The van der Waals surface area contributed by atoms with Crippen molar-refractivity contribution in [2.24, 2.45) is 5.73 Å². The first kappa shape index (κ1) is 15.1. The number of hydrogen-bond donors (Lipinski definition) is 1. The van der Waals surface area contributed by atoms with Crippen molar-refractivity contribution in [1.82, 2.24) is 0 Å². The zero-order chi connectivity index (χ0) is 15.7. The van der Waals surface area contributed by atoms with Gasteiger partial charge in [0.2, 0.25) is 5.91 Å². The van der Waals surface area contributed by atoms with Gasteiger partial charge in [-0.3, -0.25) is 4.79 Å². The molecule has 1 amide bonds. The molecular formula is C17H17BrN2O2. The minimum Gasteiger partial charge on any atom is -0.494 e. The van der Waals surface area contributed by atoms with Crippen LogP contribution in [0.5, 0.6) is 5.75 Å². The average Bonchev–Trinajstić information content (AvgIpc) is 2.54. The summed E-state index contributed by atoms with van der Waals surface area (Å²) in [5.74, 6) is 0.737. The summed E-state index contributed by atoms with van der Waals surface area (Å²) in [6.45, 7) is 2.56. The maximum Gasteiger partial charge on any atom is 0.247 e. The van der Waals surface area contributed by atoms with E-state index in [1.54, 1.807) is 4.90 Å². The molecule has 22 heavy (non-hydrogen) atoms. The summed E-state index contributed by atoms with van der Waals surface area (Å²) in [6, 6.07) is 14.8. The number of nitrogens with zero attached hydrogens (tertiary/aromatic N) is 1. The van der Waals surface area contributed by atoms with Gasteiger partial charge in [-0.25, -0.2) is 0 Å². The molecule has 1 fully saturated rings. The number of halogens is 1. The summed E-state index contributed by atoms with van der Waals surface area (Å²) >= 11 is 3.42. The molecular weight excluding hydrogens is 344 g/mol. The van der Waals surface area contributed by atoms with Crippen LogP contribution in [0.25, 0.3) is 0 Å². The fraction of sp³-hybridized carbons (Fsp3) is 0.235. The number of β-lactam (4-membered cyclic amide) rings is 1. The number of benzene rings is 2. The molecule has 2 N–H and O–H groups in total. The Kier molecular flexibility index (Phi) is 4.18. The highest BCUT2D eigenvalue weighted by Gasteiger charge is 2.46. The molecule has 0 radical (unpaired) electrons. The number of hydrogen-bond acceptors (Lipinski definition) is 3. The number of rotatable bonds is 4. The van der Waals surface area contributed by atoms with Crippen LogP contribution >= 0.6 is 15.9 Å². The number of nitrogens with two attached hydrogens (primary N) is 1. The van der Waals surface area contributed by atoms with Gasteiger partial charge in [-0.1, -0.05) is 28.1 Å². The first-order chi connectivity index (χ1) is 10.6. The van der Waals surface area contributed by atoms with Gasteiger partial charge in [-0.05, 0) is 48.9 Å². The molecule has 2 aromatic carbocycles. The lowest BCUT2D eigenvalue weighted by atomic mass is 9.88. The van der Waals surface area contributed by atoms with E-state index in [0.717, 1.165) is 21.5 Å². The molecule has 114 valence electrons. The first-order valence-corrected chi connectivity index (χ1v) is 7.98. The van der Waals surface area contributed by atoms with Crippen LogP contribution in [0.2, 0.25) is 0 Å². The SMILES string of the molecule is CCOc1ccc(N2C(=O)C(N)C2c2ccc(Br)cc2)cc1. The van der Waals surface area contributed by atoms with Gasteiger partial charge in [0, 0.05) is 10.2 Å². The topological polar surface area (TPSA) is 55.6 Å². The van der Waals surface area contributed by atoms with Gasteiger partial charge < -0.3 is 15.4 Å². The molecule has 4 nitrogen and oxygen atoms in total. The van der Waals surface area contributed by atoms with Crippen molar-refractivity contribution >= 4 is 27.5 Å². The van der Waals surface area contributed by atoms with Crippen LogP contribution in [-0.2, 0) is 4.79 Å². The van der Waals surface area contributed by atoms with Crippen molar-refractivity contribution in [1.29, 1.82) is 0 Å². The highest BCUT2D eigenvalue weighted by Crippen LogP contribution is 2.38. The Morgan fingerprint density at radius 3 is 2.36 bits per heavy atom. The lowest BCUT2D eigenvalue weighted by Gasteiger charge is -2.45. The second kappa shape index (κ2) is 6.10. The maximum absolute atomic E-state index is 12.2. The fourth-order valence-corrected chi connectivity index (χ4v) is 2.95. The normalized spacial score (nSPS) is 20.7. The quantitative estimate of drug-likeness (QED) is 0.851. The van der Waals surface area contributed by atoms with Gasteiger partial charge in [0.25, 0.3) is 0 Å². The van der Waals surface area contributed by atoms with Gasteiger partial charge in [-0.15, -0.1) is 0 Å². The fourth-order valence-electron chi connectivity index (χ4n) is 2.69. The minimum absolute atomic E-state index is 0.0583. The smallest absolute Gasteiger partial charge is 0.247 e. The van der Waals surface area contributed by atoms with E-state index in [2.05, 4.69) is 15.9 Å². The molecule has 3 rings (SSSR count). The van der Waals surface area contributed by atoms with Crippen molar-refractivity contribution < 1.29 is 9.53 Å². The third kappa shape index (κ3) is 2.62. The third-order valence-corrected chi connectivity index (χ3v) is 4.31. The Labute approximate surface area is 138 Å². The second-order valence-electron chi connectivity index (χ2n) is 5.16. The number of ether oxygens (including phenoxy) is 1. The third-order valence-electron chi connectivity index (χ3n) is 3.78. The van der Waals surface area contributed by atoms with E-state index >= 15 is 0 Å². The molecule has 0 aliphatic carbocycles. The number of carbonyl (C=O) groups excluding carboxylic acids is 1. The van der Waals surface area contributed by atoms with Gasteiger partial charge >= 0.3 is 0 Å². The maximum atomic E-state index is 12.2. The van der Waals surface area contributed by atoms with E-state index in [1.165, 1.54) is 0 Å². The summed E-state index contributed by atoms with van der Waals surface area (Å²) < 4.78 is 6.43. The summed E-state index contributed by atoms with van der Waals surface area (Å²) in [6.07, 6.45) is 0. The standard InChI is InChI=1S/C17H17BrN2O2/c1-2-22-14-9-7-13(8-10-14)20-16(15(19)17(20)21)11-3-5-12(18)6-4-11/h3-10,15-16H,2,19H2,1H3. The zero-order valence-corrected chi connectivity index (χ0v) is 13.8. The predicted molar refractivity (Wildman–Crippen MR) is 90.0 cm³/mol. The van der Waals surface area contributed by atoms with Crippen molar-refractivity contribution in [3.05, 3.63) is 58.6 Å². The Balaban J connectivity index is 1.87. The van der Waals surface area contributed by atoms with Gasteiger partial charge in [-0.2, -0.15) is 0 Å². The van der Waals surface area contributed by atoms with E-state index in [1.807, 2.05) is 55.5 Å². The van der Waals surface area contributed by atoms with E-state index in [9.17, 15) is 4.79 Å². The molecule has 2 aromatic rings. The van der Waals surface area contributed by atoms with Crippen molar-refractivity contribution in [3.8, 4) is 5.75 Å². The first-order valence-electron chi connectivity index (χ1n) is 7.19. The van der Waals surface area contributed by atoms with Crippen LogP contribution in [0.1, 0.15) is 18.5 Å². The molecule has 1 saturated heterocycles. The van der Waals surface area contributed by atoms with Crippen LogP contribution < -0.4 is 15.4 Å². The monoisotopic (exact) mass is 360 g/mol. The molecule has 0 aromatic heterocycles. The Morgan fingerprint density at radius 2 is 1.77 bits per heavy atom. The van der Waals surface area contributed by atoms with Crippen LogP contribution in [-0.4, -0.2) is 18.6 Å². The Bertz CT molecular complexity index is 670. The van der Waals surface area contributed by atoms with Crippen LogP contribution in [0.15, 0.2) is 53.0 Å². The molecule has 0 spiro atoms. The van der Waals surface area contributed by atoms with Crippen LogP contribution in [0.3, 0.4) is 0 Å². The Hall–Kier alpha value is -1.85.